The summed E-state index contributed by atoms with van der Waals surface area (Å²) in [6, 6.07) is 3.32. The zero-order valence-electron chi connectivity index (χ0n) is 12.9. The van der Waals surface area contributed by atoms with E-state index >= 15 is 0 Å². The smallest absolute Gasteiger partial charge is 0.277 e. The number of aromatic nitrogens is 2. The number of benzene rings is 1. The van der Waals surface area contributed by atoms with Gasteiger partial charge in [-0.2, -0.15) is 18.1 Å². The van der Waals surface area contributed by atoms with Gasteiger partial charge in [-0.1, -0.05) is 0 Å². The fourth-order valence-electron chi connectivity index (χ4n) is 3.47. The maximum atomic E-state index is 14.4. The summed E-state index contributed by atoms with van der Waals surface area (Å²) in [4.78, 5) is 10.2. The molecule has 1 unspecified atom stereocenters. The Labute approximate surface area is 157 Å². The van der Waals surface area contributed by atoms with Crippen molar-refractivity contribution in [1.82, 2.24) is 19.4 Å². The molecular formula is C14H14BrClFN5O2S. The topological polar surface area (TPSA) is 87.2 Å². The van der Waals surface area contributed by atoms with E-state index < -0.39 is 21.6 Å². The summed E-state index contributed by atoms with van der Waals surface area (Å²) in [5.41, 5.74) is -0.469. The predicted molar refractivity (Wildman–Crippen MR) is 96.4 cm³/mol. The minimum absolute atomic E-state index is 0.0516. The molecule has 2 aromatic rings. The van der Waals surface area contributed by atoms with E-state index in [1.54, 1.807) is 12.1 Å². The molecule has 3 heterocycles. The van der Waals surface area contributed by atoms with E-state index in [4.69, 9.17) is 11.6 Å². The molecule has 2 aliphatic rings. The van der Waals surface area contributed by atoms with Crippen LogP contribution < -0.4 is 14.3 Å². The lowest BCUT2D eigenvalue weighted by Crippen LogP contribution is -2.56. The number of hydrogen-bond acceptors (Lipinski definition) is 5. The van der Waals surface area contributed by atoms with Crippen molar-refractivity contribution in [3.63, 3.8) is 0 Å². The first-order chi connectivity index (χ1) is 11.8. The monoisotopic (exact) mass is 449 g/mol. The summed E-state index contributed by atoms with van der Waals surface area (Å²) in [7, 11) is -3.47. The molecule has 1 atom stereocenters. The Morgan fingerprint density at radius 1 is 1.36 bits per heavy atom. The van der Waals surface area contributed by atoms with Crippen molar-refractivity contribution in [2.24, 2.45) is 0 Å². The molecule has 25 heavy (non-hydrogen) atoms. The van der Waals surface area contributed by atoms with Crippen LogP contribution in [0.3, 0.4) is 0 Å². The standard InChI is InChI=1S/C14H14BrClFN5O2S/c15-9-3-2-8-11(10(9)17)19-13(16)20-12(8)22-5-1-4-14(7-22)6-18-25(23,24)21-14/h2-3,18,21H,1,4-7H2. The number of piperidine rings is 1. The Bertz CT molecular complexity index is 975. The zero-order valence-corrected chi connectivity index (χ0v) is 16.0. The molecule has 2 fully saturated rings. The second kappa shape index (κ2) is 5.98. The van der Waals surface area contributed by atoms with Crippen molar-refractivity contribution in [2.75, 3.05) is 24.5 Å². The van der Waals surface area contributed by atoms with Crippen molar-refractivity contribution >= 4 is 54.5 Å². The Kier molecular flexibility index (Phi) is 4.15. The van der Waals surface area contributed by atoms with Crippen LogP contribution in [0.25, 0.3) is 10.9 Å². The van der Waals surface area contributed by atoms with Crippen LogP contribution in [0, 0.1) is 5.82 Å². The van der Waals surface area contributed by atoms with Gasteiger partial charge in [-0.3, -0.25) is 0 Å². The summed E-state index contributed by atoms with van der Waals surface area (Å²) >= 11 is 9.15. The van der Waals surface area contributed by atoms with Crippen LogP contribution in [0.2, 0.25) is 5.28 Å². The van der Waals surface area contributed by atoms with Gasteiger partial charge in [0.1, 0.15) is 11.3 Å². The average molecular weight is 451 g/mol. The number of fused-ring (bicyclic) bond motifs is 1. The molecule has 1 aromatic carbocycles. The third-order valence-corrected chi connectivity index (χ3v) is 6.55. The maximum Gasteiger partial charge on any atom is 0.277 e. The summed E-state index contributed by atoms with van der Waals surface area (Å²) in [6.07, 6.45) is 1.48. The first-order valence-electron chi connectivity index (χ1n) is 7.63. The highest BCUT2D eigenvalue weighted by Gasteiger charge is 2.44. The van der Waals surface area contributed by atoms with Gasteiger partial charge in [0.05, 0.1) is 10.0 Å². The minimum Gasteiger partial charge on any atom is -0.354 e. The van der Waals surface area contributed by atoms with Crippen molar-refractivity contribution < 1.29 is 12.8 Å². The number of hydrogen-bond donors (Lipinski definition) is 2. The van der Waals surface area contributed by atoms with Crippen molar-refractivity contribution in [2.45, 2.75) is 18.4 Å². The van der Waals surface area contributed by atoms with Crippen LogP contribution in [0.4, 0.5) is 10.2 Å². The van der Waals surface area contributed by atoms with E-state index in [1.807, 2.05) is 4.90 Å². The number of halogens is 3. The Hall–Kier alpha value is -1.07. The summed E-state index contributed by atoms with van der Waals surface area (Å²) in [6.45, 7) is 1.39. The largest absolute Gasteiger partial charge is 0.354 e. The van der Waals surface area contributed by atoms with E-state index in [2.05, 4.69) is 35.3 Å². The molecule has 1 spiro atoms. The molecule has 0 radical (unpaired) electrons. The molecule has 134 valence electrons. The fourth-order valence-corrected chi connectivity index (χ4v) is 5.30. The number of rotatable bonds is 1. The quantitative estimate of drug-likeness (QED) is 0.649. The van der Waals surface area contributed by atoms with Crippen LogP contribution in [-0.2, 0) is 10.2 Å². The Balaban J connectivity index is 1.78. The van der Waals surface area contributed by atoms with E-state index in [0.29, 0.717) is 41.7 Å². The van der Waals surface area contributed by atoms with Crippen LogP contribution in [0.1, 0.15) is 12.8 Å². The summed E-state index contributed by atoms with van der Waals surface area (Å²) < 4.78 is 43.4. The lowest BCUT2D eigenvalue weighted by atomic mass is 9.90. The molecule has 2 saturated heterocycles. The highest BCUT2D eigenvalue weighted by molar-refractivity contribution is 9.10. The van der Waals surface area contributed by atoms with E-state index in [1.165, 1.54) is 0 Å². The number of nitrogens with one attached hydrogen (secondary N) is 2. The number of nitrogens with zero attached hydrogens (tertiary/aromatic N) is 3. The highest BCUT2D eigenvalue weighted by atomic mass is 79.9. The molecule has 0 bridgehead atoms. The lowest BCUT2D eigenvalue weighted by Gasteiger charge is -2.40. The highest BCUT2D eigenvalue weighted by Crippen LogP contribution is 2.34. The first-order valence-corrected chi connectivity index (χ1v) is 10.3. The van der Waals surface area contributed by atoms with Crippen LogP contribution in [-0.4, -0.2) is 43.6 Å². The molecule has 7 nitrogen and oxygen atoms in total. The van der Waals surface area contributed by atoms with Gasteiger partial charge in [-0.25, -0.2) is 14.1 Å². The summed E-state index contributed by atoms with van der Waals surface area (Å²) in [5, 5.41) is 0.486. The predicted octanol–water partition coefficient (Wildman–Crippen LogP) is 1.96. The molecule has 0 amide bonds. The minimum atomic E-state index is -3.47. The fraction of sp³-hybridized carbons (Fsp3) is 0.429. The molecule has 0 saturated carbocycles. The molecule has 11 heteroatoms. The molecule has 1 aromatic heterocycles. The van der Waals surface area contributed by atoms with Gasteiger partial charge in [0.2, 0.25) is 5.28 Å². The van der Waals surface area contributed by atoms with E-state index in [-0.39, 0.29) is 10.8 Å². The van der Waals surface area contributed by atoms with E-state index in [0.717, 1.165) is 6.42 Å². The Morgan fingerprint density at radius 3 is 2.88 bits per heavy atom. The summed E-state index contributed by atoms with van der Waals surface area (Å²) in [5.74, 6) is 0.00424. The normalized spacial score (nSPS) is 25.8. The lowest BCUT2D eigenvalue weighted by molar-refractivity contribution is 0.336. The van der Waals surface area contributed by atoms with Crippen LogP contribution in [0.5, 0.6) is 0 Å². The van der Waals surface area contributed by atoms with Crippen molar-refractivity contribution in [3.8, 4) is 0 Å². The van der Waals surface area contributed by atoms with Gasteiger partial charge in [-0.15, -0.1) is 0 Å². The van der Waals surface area contributed by atoms with Crippen molar-refractivity contribution in [3.05, 3.63) is 27.7 Å². The molecule has 0 aliphatic carbocycles. The van der Waals surface area contributed by atoms with Gasteiger partial charge in [0.25, 0.3) is 10.2 Å². The third kappa shape index (κ3) is 3.10. The molecule has 2 aliphatic heterocycles. The van der Waals surface area contributed by atoms with Gasteiger partial charge in [0, 0.05) is 25.0 Å². The molecule has 4 rings (SSSR count). The molecule has 2 N–H and O–H groups in total. The van der Waals surface area contributed by atoms with Gasteiger partial charge in [-0.05, 0) is 52.5 Å². The zero-order chi connectivity index (χ0) is 17.8. The van der Waals surface area contributed by atoms with Crippen molar-refractivity contribution in [1.29, 1.82) is 0 Å². The first kappa shape index (κ1) is 17.3. The second-order valence-corrected chi connectivity index (χ2v) is 9.00. The van der Waals surface area contributed by atoms with Crippen LogP contribution in [0.15, 0.2) is 16.6 Å². The third-order valence-electron chi connectivity index (χ3n) is 4.54. The van der Waals surface area contributed by atoms with Gasteiger partial charge < -0.3 is 4.90 Å². The second-order valence-electron chi connectivity index (χ2n) is 6.31. The maximum absolute atomic E-state index is 14.4. The van der Waals surface area contributed by atoms with Gasteiger partial charge >= 0.3 is 0 Å². The Morgan fingerprint density at radius 2 is 2.16 bits per heavy atom. The van der Waals surface area contributed by atoms with Crippen LogP contribution >= 0.6 is 27.5 Å². The van der Waals surface area contributed by atoms with E-state index in [9.17, 15) is 12.8 Å². The SMILES string of the molecule is O=S1(=O)NCC2(CCCN(c3nc(Cl)nc4c(F)c(Br)ccc34)C2)N1. The average Bonchev–Trinajstić information content (AvgIpc) is 2.85. The van der Waals surface area contributed by atoms with Gasteiger partial charge in [0.15, 0.2) is 5.82 Å². The molecular weight excluding hydrogens is 437 g/mol. The number of anilines is 1.